The van der Waals surface area contributed by atoms with Crippen LogP contribution < -0.4 is 4.74 Å². The Balaban J connectivity index is 1.54. The Morgan fingerprint density at radius 2 is 1.55 bits per heavy atom. The van der Waals surface area contributed by atoms with Crippen molar-refractivity contribution in [1.82, 2.24) is 0 Å². The second-order valence-corrected chi connectivity index (χ2v) is 6.85. The van der Waals surface area contributed by atoms with Gasteiger partial charge in [0.2, 0.25) is 6.29 Å². The molecule has 1 saturated heterocycles. The van der Waals surface area contributed by atoms with Gasteiger partial charge in [0.25, 0.3) is 0 Å². The lowest BCUT2D eigenvalue weighted by atomic mass is 9.99. The number of aliphatic hydroxyl groups is 4. The van der Waals surface area contributed by atoms with Gasteiger partial charge >= 0.3 is 0 Å². The number of benzene rings is 2. The van der Waals surface area contributed by atoms with Crippen molar-refractivity contribution in [2.45, 2.75) is 36.8 Å². The maximum atomic E-state index is 10.1. The van der Waals surface area contributed by atoms with E-state index in [0.717, 1.165) is 5.56 Å². The SMILES string of the molecule is OC[C@H]1OC(OOC2C=C(c3ccccc3)Oc3ccccc32)[C@H](O)[C@@H](O)[C@@H]1O. The number of aliphatic hydroxyl groups excluding tert-OH is 4. The van der Waals surface area contributed by atoms with Gasteiger partial charge in [0.05, 0.1) is 6.61 Å². The molecular formula is C21H22O8. The van der Waals surface area contributed by atoms with E-state index in [1.807, 2.05) is 48.5 Å². The molecule has 0 amide bonds. The fourth-order valence-electron chi connectivity index (χ4n) is 3.29. The summed E-state index contributed by atoms with van der Waals surface area (Å²) in [6, 6.07) is 16.8. The molecule has 2 aromatic carbocycles. The third-order valence-electron chi connectivity index (χ3n) is 4.91. The van der Waals surface area contributed by atoms with Crippen LogP contribution in [0.4, 0.5) is 0 Å². The molecule has 1 fully saturated rings. The summed E-state index contributed by atoms with van der Waals surface area (Å²) in [5.74, 6) is 1.17. The van der Waals surface area contributed by atoms with Gasteiger partial charge in [-0.05, 0) is 12.1 Å². The van der Waals surface area contributed by atoms with Crippen molar-refractivity contribution in [3.8, 4) is 5.75 Å². The van der Waals surface area contributed by atoms with Crippen LogP contribution in [0, 0.1) is 0 Å². The second kappa shape index (κ2) is 8.60. The van der Waals surface area contributed by atoms with Gasteiger partial charge in [0.15, 0.2) is 0 Å². The monoisotopic (exact) mass is 402 g/mol. The van der Waals surface area contributed by atoms with Crippen LogP contribution in [0.3, 0.4) is 0 Å². The molecule has 4 N–H and O–H groups in total. The van der Waals surface area contributed by atoms with E-state index >= 15 is 0 Å². The fraction of sp³-hybridized carbons (Fsp3) is 0.333. The van der Waals surface area contributed by atoms with Crippen molar-refractivity contribution in [2.75, 3.05) is 6.61 Å². The molecule has 29 heavy (non-hydrogen) atoms. The van der Waals surface area contributed by atoms with Crippen LogP contribution in [-0.2, 0) is 14.5 Å². The minimum Gasteiger partial charge on any atom is -0.457 e. The Morgan fingerprint density at radius 3 is 2.31 bits per heavy atom. The van der Waals surface area contributed by atoms with Gasteiger partial charge in [-0.15, -0.1) is 0 Å². The molecule has 0 aromatic heterocycles. The maximum absolute atomic E-state index is 10.1. The number of hydrogen-bond donors (Lipinski definition) is 4. The summed E-state index contributed by atoms with van der Waals surface area (Å²) in [4.78, 5) is 10.8. The zero-order valence-corrected chi connectivity index (χ0v) is 15.4. The molecule has 0 radical (unpaired) electrons. The second-order valence-electron chi connectivity index (χ2n) is 6.85. The number of fused-ring (bicyclic) bond motifs is 1. The van der Waals surface area contributed by atoms with Gasteiger partial charge in [-0.3, -0.25) is 0 Å². The molecule has 0 bridgehead atoms. The third-order valence-corrected chi connectivity index (χ3v) is 4.91. The summed E-state index contributed by atoms with van der Waals surface area (Å²) < 4.78 is 11.3. The van der Waals surface area contributed by atoms with Crippen LogP contribution in [0.5, 0.6) is 5.75 Å². The predicted molar refractivity (Wildman–Crippen MR) is 100 cm³/mol. The lowest BCUT2D eigenvalue weighted by Gasteiger charge is -2.39. The van der Waals surface area contributed by atoms with Crippen LogP contribution in [0.15, 0.2) is 60.7 Å². The average Bonchev–Trinajstić information content (AvgIpc) is 2.77. The molecule has 0 aliphatic carbocycles. The molecule has 2 aliphatic heterocycles. The van der Waals surface area contributed by atoms with Gasteiger partial charge in [-0.2, -0.15) is 0 Å². The van der Waals surface area contributed by atoms with E-state index in [2.05, 4.69) is 0 Å². The predicted octanol–water partition coefficient (Wildman–Crippen LogP) is 0.909. The Hall–Kier alpha value is -2.30. The smallest absolute Gasteiger partial charge is 0.220 e. The van der Waals surface area contributed by atoms with Crippen LogP contribution in [-0.4, -0.2) is 57.7 Å². The summed E-state index contributed by atoms with van der Waals surface area (Å²) >= 11 is 0. The van der Waals surface area contributed by atoms with E-state index in [1.165, 1.54) is 0 Å². The fourth-order valence-corrected chi connectivity index (χ4v) is 3.29. The summed E-state index contributed by atoms with van der Waals surface area (Å²) in [6.45, 7) is -0.553. The van der Waals surface area contributed by atoms with Gasteiger partial charge in [-0.25, -0.2) is 9.78 Å². The highest BCUT2D eigenvalue weighted by Crippen LogP contribution is 2.38. The number of hydrogen-bond acceptors (Lipinski definition) is 8. The van der Waals surface area contributed by atoms with E-state index < -0.39 is 43.4 Å². The van der Waals surface area contributed by atoms with Crippen molar-refractivity contribution >= 4 is 5.76 Å². The summed E-state index contributed by atoms with van der Waals surface area (Å²) in [6.07, 6.45) is -6.01. The molecule has 2 aromatic rings. The van der Waals surface area contributed by atoms with Gasteiger partial charge < -0.3 is 29.9 Å². The zero-order chi connectivity index (χ0) is 20.4. The summed E-state index contributed by atoms with van der Waals surface area (Å²) in [7, 11) is 0. The summed E-state index contributed by atoms with van der Waals surface area (Å²) in [5, 5.41) is 39.2. The van der Waals surface area contributed by atoms with Crippen molar-refractivity contribution in [3.05, 3.63) is 71.8 Å². The van der Waals surface area contributed by atoms with Gasteiger partial charge in [0, 0.05) is 11.1 Å². The van der Waals surface area contributed by atoms with E-state index in [1.54, 1.807) is 12.1 Å². The highest BCUT2D eigenvalue weighted by molar-refractivity contribution is 5.66. The Bertz CT molecular complexity index is 853. The average molecular weight is 402 g/mol. The standard InChI is InChI=1S/C21H22O8/c22-11-17-18(23)19(24)20(25)21(27-17)29-28-16-10-15(12-6-2-1-3-7-12)26-14-9-5-4-8-13(14)16/h1-10,16-25H,11H2/t16?,17-,18-,19+,20-,21?/m1/s1. The number of ether oxygens (including phenoxy) is 2. The quantitative estimate of drug-likeness (QED) is 0.431. The minimum absolute atomic E-state index is 0.553. The topological polar surface area (TPSA) is 118 Å². The van der Waals surface area contributed by atoms with Crippen LogP contribution >= 0.6 is 0 Å². The lowest BCUT2D eigenvalue weighted by molar-refractivity contribution is -0.436. The van der Waals surface area contributed by atoms with Gasteiger partial charge in [0.1, 0.15) is 42.0 Å². The normalized spacial score (nSPS) is 31.5. The molecule has 4 rings (SSSR count). The van der Waals surface area contributed by atoms with E-state index in [-0.39, 0.29) is 0 Å². The van der Waals surface area contributed by atoms with E-state index in [0.29, 0.717) is 17.1 Å². The third kappa shape index (κ3) is 4.05. The van der Waals surface area contributed by atoms with Crippen LogP contribution in [0.2, 0.25) is 0 Å². The molecule has 8 nitrogen and oxygen atoms in total. The number of rotatable bonds is 5. The van der Waals surface area contributed by atoms with Crippen molar-refractivity contribution in [1.29, 1.82) is 0 Å². The first-order chi connectivity index (χ1) is 14.1. The molecule has 2 heterocycles. The highest BCUT2D eigenvalue weighted by Gasteiger charge is 2.45. The zero-order valence-electron chi connectivity index (χ0n) is 15.4. The van der Waals surface area contributed by atoms with E-state index in [9.17, 15) is 20.4 Å². The molecule has 0 spiro atoms. The van der Waals surface area contributed by atoms with Crippen molar-refractivity contribution < 1.29 is 39.7 Å². The molecule has 2 unspecified atom stereocenters. The first-order valence-corrected chi connectivity index (χ1v) is 9.25. The van der Waals surface area contributed by atoms with E-state index in [4.69, 9.17) is 19.2 Å². The molecule has 2 aliphatic rings. The highest BCUT2D eigenvalue weighted by atomic mass is 17.2. The Kier molecular flexibility index (Phi) is 5.93. The Morgan fingerprint density at radius 1 is 0.828 bits per heavy atom. The summed E-state index contributed by atoms with van der Waals surface area (Å²) in [5.41, 5.74) is 1.56. The first kappa shape index (κ1) is 20.0. The Labute approximate surface area is 167 Å². The molecule has 6 atom stereocenters. The van der Waals surface area contributed by atoms with Crippen LogP contribution in [0.1, 0.15) is 17.2 Å². The van der Waals surface area contributed by atoms with Crippen molar-refractivity contribution in [3.63, 3.8) is 0 Å². The number of para-hydroxylation sites is 1. The minimum atomic E-state index is -1.56. The van der Waals surface area contributed by atoms with Gasteiger partial charge in [-0.1, -0.05) is 48.5 Å². The maximum Gasteiger partial charge on any atom is 0.220 e. The lowest BCUT2D eigenvalue weighted by Crippen LogP contribution is -2.59. The van der Waals surface area contributed by atoms with Crippen LogP contribution in [0.25, 0.3) is 5.76 Å². The van der Waals surface area contributed by atoms with Crippen molar-refractivity contribution in [2.24, 2.45) is 0 Å². The molecule has 154 valence electrons. The molecular weight excluding hydrogens is 380 g/mol. The largest absolute Gasteiger partial charge is 0.457 e. The molecule has 8 heteroatoms. The molecule has 0 saturated carbocycles. The first-order valence-electron chi connectivity index (χ1n) is 9.25.